The molecule has 1 aliphatic rings. The number of ether oxygens (including phenoxy) is 1. The van der Waals surface area contributed by atoms with Crippen LogP contribution in [0.3, 0.4) is 0 Å². The van der Waals surface area contributed by atoms with Gasteiger partial charge in [-0.3, -0.25) is 9.69 Å². The Labute approximate surface area is 88.1 Å². The molecule has 5 nitrogen and oxygen atoms in total. The summed E-state index contributed by atoms with van der Waals surface area (Å²) < 4.78 is 5.47. The summed E-state index contributed by atoms with van der Waals surface area (Å²) in [7, 11) is 1.71. The molecule has 1 atom stereocenters. The summed E-state index contributed by atoms with van der Waals surface area (Å²) in [6, 6.07) is 0. The van der Waals surface area contributed by atoms with Crippen LogP contribution in [0.1, 0.15) is 12.7 Å². The van der Waals surface area contributed by atoms with Crippen LogP contribution in [0.4, 0.5) is 5.82 Å². The lowest BCUT2D eigenvalue weighted by atomic mass is 10.2. The van der Waals surface area contributed by atoms with E-state index in [1.807, 2.05) is 6.92 Å². The molecule has 15 heavy (non-hydrogen) atoms. The molecule has 1 aromatic rings. The van der Waals surface area contributed by atoms with Gasteiger partial charge in [0.25, 0.3) is 0 Å². The van der Waals surface area contributed by atoms with Gasteiger partial charge in [0.15, 0.2) is 11.6 Å². The predicted molar refractivity (Wildman–Crippen MR) is 54.8 cm³/mol. The van der Waals surface area contributed by atoms with Crippen molar-refractivity contribution in [3.63, 3.8) is 0 Å². The van der Waals surface area contributed by atoms with E-state index in [9.17, 15) is 4.79 Å². The summed E-state index contributed by atoms with van der Waals surface area (Å²) >= 11 is 0. The predicted octanol–water partition coefficient (Wildman–Crippen LogP) is 0.776. The van der Waals surface area contributed by atoms with E-state index in [-0.39, 0.29) is 11.8 Å². The number of aryl methyl sites for hydroxylation is 1. The second-order valence-corrected chi connectivity index (χ2v) is 3.71. The number of rotatable bonds is 0. The van der Waals surface area contributed by atoms with Crippen LogP contribution in [-0.4, -0.2) is 29.5 Å². The average Bonchev–Trinajstić information content (AvgIpc) is 2.32. The molecule has 2 heterocycles. The van der Waals surface area contributed by atoms with Crippen molar-refractivity contribution in [1.82, 2.24) is 9.97 Å². The summed E-state index contributed by atoms with van der Waals surface area (Å²) in [5.41, 5.74) is 0. The summed E-state index contributed by atoms with van der Waals surface area (Å²) in [6.45, 7) is 4.00. The molecule has 1 aromatic heterocycles. The molecule has 5 heteroatoms. The van der Waals surface area contributed by atoms with Crippen molar-refractivity contribution >= 4 is 11.7 Å². The van der Waals surface area contributed by atoms with E-state index in [1.54, 1.807) is 20.2 Å². The third kappa shape index (κ3) is 1.65. The maximum absolute atomic E-state index is 11.8. The molecule has 1 aliphatic heterocycles. The summed E-state index contributed by atoms with van der Waals surface area (Å²) in [4.78, 5) is 21.6. The largest absolute Gasteiger partial charge is 0.487 e. The van der Waals surface area contributed by atoms with Crippen molar-refractivity contribution in [2.75, 3.05) is 18.6 Å². The number of carbonyl (C=O) groups is 1. The number of anilines is 1. The third-order valence-corrected chi connectivity index (χ3v) is 2.42. The molecule has 0 saturated carbocycles. The summed E-state index contributed by atoms with van der Waals surface area (Å²) in [5.74, 6) is 1.63. The van der Waals surface area contributed by atoms with Crippen molar-refractivity contribution in [2.45, 2.75) is 13.8 Å². The van der Waals surface area contributed by atoms with Gasteiger partial charge in [0, 0.05) is 7.05 Å². The molecule has 0 aromatic carbocycles. The Hall–Kier alpha value is -1.65. The Morgan fingerprint density at radius 1 is 1.60 bits per heavy atom. The van der Waals surface area contributed by atoms with E-state index in [0.29, 0.717) is 24.0 Å². The first kappa shape index (κ1) is 9.89. The lowest BCUT2D eigenvalue weighted by Gasteiger charge is -2.16. The minimum Gasteiger partial charge on any atom is -0.487 e. The topological polar surface area (TPSA) is 55.3 Å². The highest BCUT2D eigenvalue weighted by molar-refractivity contribution is 5.95. The van der Waals surface area contributed by atoms with Crippen LogP contribution in [0.5, 0.6) is 5.75 Å². The van der Waals surface area contributed by atoms with E-state index in [0.717, 1.165) is 0 Å². The molecule has 0 aliphatic carbocycles. The number of fused-ring (bicyclic) bond motifs is 1. The third-order valence-electron chi connectivity index (χ3n) is 2.42. The molecule has 80 valence electrons. The van der Waals surface area contributed by atoms with Crippen LogP contribution in [-0.2, 0) is 4.79 Å². The van der Waals surface area contributed by atoms with Crippen LogP contribution in [0, 0.1) is 12.8 Å². The highest BCUT2D eigenvalue weighted by Crippen LogP contribution is 2.28. The van der Waals surface area contributed by atoms with Crippen LogP contribution >= 0.6 is 0 Å². The van der Waals surface area contributed by atoms with Gasteiger partial charge in [0.05, 0.1) is 18.7 Å². The number of carbonyl (C=O) groups excluding carboxylic acids is 1. The number of aromatic nitrogens is 2. The fourth-order valence-corrected chi connectivity index (χ4v) is 1.51. The monoisotopic (exact) mass is 207 g/mol. The fourth-order valence-electron chi connectivity index (χ4n) is 1.51. The maximum atomic E-state index is 11.8. The highest BCUT2D eigenvalue weighted by Gasteiger charge is 2.27. The van der Waals surface area contributed by atoms with Crippen molar-refractivity contribution in [3.05, 3.63) is 12.0 Å². The average molecular weight is 207 g/mol. The minimum absolute atomic E-state index is 0.0202. The van der Waals surface area contributed by atoms with Gasteiger partial charge in [-0.25, -0.2) is 9.97 Å². The Morgan fingerprint density at radius 2 is 2.33 bits per heavy atom. The second-order valence-electron chi connectivity index (χ2n) is 3.71. The minimum atomic E-state index is -0.149. The Balaban J connectivity index is 2.48. The molecular weight excluding hydrogens is 194 g/mol. The van der Waals surface area contributed by atoms with Crippen LogP contribution < -0.4 is 9.64 Å². The molecule has 0 N–H and O–H groups in total. The lowest BCUT2D eigenvalue weighted by Crippen LogP contribution is -2.32. The molecule has 1 amide bonds. The number of hydrogen-bond donors (Lipinski definition) is 0. The Bertz CT molecular complexity index is 406. The zero-order valence-corrected chi connectivity index (χ0v) is 9.02. The lowest BCUT2D eigenvalue weighted by molar-refractivity contribution is -0.122. The molecule has 2 rings (SSSR count). The van der Waals surface area contributed by atoms with Gasteiger partial charge in [0.1, 0.15) is 5.82 Å². The SMILES string of the molecule is Cc1ncc2c(n1)N(C)C(=O)[C@@H](C)CO2. The standard InChI is InChI=1S/C10H13N3O2/c1-6-5-15-8-4-11-7(2)12-9(8)13(3)10(6)14/h4,6H,5H2,1-3H3/t6-/m0/s1. The van der Waals surface area contributed by atoms with E-state index < -0.39 is 0 Å². The Morgan fingerprint density at radius 3 is 3.07 bits per heavy atom. The van der Waals surface area contributed by atoms with Gasteiger partial charge >= 0.3 is 0 Å². The smallest absolute Gasteiger partial charge is 0.234 e. The van der Waals surface area contributed by atoms with Gasteiger partial charge in [-0.15, -0.1) is 0 Å². The van der Waals surface area contributed by atoms with Crippen molar-refractivity contribution in [1.29, 1.82) is 0 Å². The van der Waals surface area contributed by atoms with Crippen molar-refractivity contribution in [3.8, 4) is 5.75 Å². The van der Waals surface area contributed by atoms with E-state index in [4.69, 9.17) is 4.74 Å². The molecule has 0 unspecified atom stereocenters. The van der Waals surface area contributed by atoms with Gasteiger partial charge < -0.3 is 4.74 Å². The van der Waals surface area contributed by atoms with Crippen molar-refractivity contribution in [2.24, 2.45) is 5.92 Å². The maximum Gasteiger partial charge on any atom is 0.234 e. The fraction of sp³-hybridized carbons (Fsp3) is 0.500. The number of amides is 1. The zero-order chi connectivity index (χ0) is 11.0. The number of nitrogens with zero attached hydrogens (tertiary/aromatic N) is 3. The molecule has 0 spiro atoms. The van der Waals surface area contributed by atoms with Gasteiger partial charge in [-0.1, -0.05) is 6.92 Å². The first-order valence-corrected chi connectivity index (χ1v) is 4.83. The normalized spacial score (nSPS) is 20.6. The molecule has 0 saturated heterocycles. The molecule has 0 fully saturated rings. The van der Waals surface area contributed by atoms with Gasteiger partial charge in [-0.2, -0.15) is 0 Å². The highest BCUT2D eigenvalue weighted by atomic mass is 16.5. The zero-order valence-electron chi connectivity index (χ0n) is 9.02. The van der Waals surface area contributed by atoms with Gasteiger partial charge in [0.2, 0.25) is 5.91 Å². The van der Waals surface area contributed by atoms with Crippen LogP contribution in [0.15, 0.2) is 6.20 Å². The van der Waals surface area contributed by atoms with E-state index >= 15 is 0 Å². The second kappa shape index (κ2) is 3.49. The first-order chi connectivity index (χ1) is 7.09. The molecule has 0 bridgehead atoms. The van der Waals surface area contributed by atoms with Crippen LogP contribution in [0.25, 0.3) is 0 Å². The quantitative estimate of drug-likeness (QED) is 0.630. The van der Waals surface area contributed by atoms with Crippen molar-refractivity contribution < 1.29 is 9.53 Å². The first-order valence-electron chi connectivity index (χ1n) is 4.83. The Kier molecular flexibility index (Phi) is 2.30. The van der Waals surface area contributed by atoms with Gasteiger partial charge in [-0.05, 0) is 6.92 Å². The van der Waals surface area contributed by atoms with E-state index in [1.165, 1.54) is 4.90 Å². The summed E-state index contributed by atoms with van der Waals surface area (Å²) in [6.07, 6.45) is 1.61. The van der Waals surface area contributed by atoms with E-state index in [2.05, 4.69) is 9.97 Å². The molecule has 0 radical (unpaired) electrons. The number of hydrogen-bond acceptors (Lipinski definition) is 4. The molecular formula is C10H13N3O2. The van der Waals surface area contributed by atoms with Crippen LogP contribution in [0.2, 0.25) is 0 Å². The summed E-state index contributed by atoms with van der Waals surface area (Å²) in [5, 5.41) is 0.